The van der Waals surface area contributed by atoms with Crippen LogP contribution in [0, 0.1) is 0 Å². The molecule has 0 atom stereocenters. The fourth-order valence-electron chi connectivity index (χ4n) is 3.45. The van der Waals surface area contributed by atoms with Gasteiger partial charge < -0.3 is 9.47 Å². The molecule has 5 aromatic rings. The molecule has 0 spiro atoms. The van der Waals surface area contributed by atoms with E-state index in [1.807, 2.05) is 66.7 Å². The van der Waals surface area contributed by atoms with Gasteiger partial charge in [0.25, 0.3) is 5.56 Å². The predicted octanol–water partition coefficient (Wildman–Crippen LogP) is 4.96. The minimum absolute atomic E-state index is 0.0649. The number of rotatable bonds is 7. The first-order chi connectivity index (χ1) is 15.7. The van der Waals surface area contributed by atoms with Crippen molar-refractivity contribution in [1.82, 2.24) is 9.38 Å². The molecule has 2 heterocycles. The van der Waals surface area contributed by atoms with Crippen molar-refractivity contribution in [3.63, 3.8) is 0 Å². The number of halogens is 1. The summed E-state index contributed by atoms with van der Waals surface area (Å²) in [5.74, 6) is 1.51. The van der Waals surface area contributed by atoms with Crippen molar-refractivity contribution in [3.05, 3.63) is 98.3 Å². The topological polar surface area (TPSA) is 52.8 Å². The monoisotopic (exact) mass is 462 g/mol. The second-order valence-electron chi connectivity index (χ2n) is 7.18. The molecule has 3 aromatic carbocycles. The highest BCUT2D eigenvalue weighted by Crippen LogP contribution is 2.20. The summed E-state index contributed by atoms with van der Waals surface area (Å²) in [6, 6.07) is 22.7. The molecule has 0 bridgehead atoms. The van der Waals surface area contributed by atoms with Crippen molar-refractivity contribution in [3.8, 4) is 11.5 Å². The Morgan fingerprint density at radius 1 is 0.938 bits per heavy atom. The molecule has 5 rings (SSSR count). The van der Waals surface area contributed by atoms with Crippen LogP contribution in [0.25, 0.3) is 22.1 Å². The summed E-state index contributed by atoms with van der Waals surface area (Å²) in [5, 5.41) is 0.682. The molecule has 0 N–H and O–H groups in total. The SMILES string of the molecule is O=c1/c(=C/c2ccccc2OCCCOc2ccc(Cl)cc2)sc2nc3ccccc3n12. The summed E-state index contributed by atoms with van der Waals surface area (Å²) in [6.07, 6.45) is 2.60. The molecule has 0 aliphatic carbocycles. The van der Waals surface area contributed by atoms with Crippen LogP contribution in [0.4, 0.5) is 0 Å². The van der Waals surface area contributed by atoms with E-state index in [2.05, 4.69) is 4.98 Å². The Hall–Kier alpha value is -3.35. The zero-order valence-corrected chi connectivity index (χ0v) is 18.6. The lowest BCUT2D eigenvalue weighted by atomic mass is 10.2. The third-order valence-electron chi connectivity index (χ3n) is 4.98. The fourth-order valence-corrected chi connectivity index (χ4v) is 4.55. The molecule has 0 aliphatic heterocycles. The van der Waals surface area contributed by atoms with Crippen LogP contribution in [0.1, 0.15) is 12.0 Å². The summed E-state index contributed by atoms with van der Waals surface area (Å²) in [5.41, 5.74) is 2.45. The average Bonchev–Trinajstić information content (AvgIpc) is 3.32. The van der Waals surface area contributed by atoms with Crippen LogP contribution in [0.5, 0.6) is 11.5 Å². The van der Waals surface area contributed by atoms with Crippen molar-refractivity contribution < 1.29 is 9.47 Å². The minimum atomic E-state index is -0.0649. The molecule has 0 aliphatic rings. The van der Waals surface area contributed by atoms with Gasteiger partial charge in [0.2, 0.25) is 0 Å². The number of thiazole rings is 1. The van der Waals surface area contributed by atoms with E-state index in [0.717, 1.165) is 34.5 Å². The van der Waals surface area contributed by atoms with E-state index >= 15 is 0 Å². The average molecular weight is 463 g/mol. The largest absolute Gasteiger partial charge is 0.493 e. The molecule has 0 saturated heterocycles. The fraction of sp³-hybridized carbons (Fsp3) is 0.120. The summed E-state index contributed by atoms with van der Waals surface area (Å²) in [6.45, 7) is 1.04. The first kappa shape index (κ1) is 20.5. The van der Waals surface area contributed by atoms with Gasteiger partial charge in [0.1, 0.15) is 11.5 Å². The number of para-hydroxylation sites is 3. The highest BCUT2D eigenvalue weighted by atomic mass is 35.5. The lowest BCUT2D eigenvalue weighted by Gasteiger charge is -2.10. The number of aromatic nitrogens is 2. The van der Waals surface area contributed by atoms with Gasteiger partial charge in [0, 0.05) is 17.0 Å². The van der Waals surface area contributed by atoms with Gasteiger partial charge in [-0.3, -0.25) is 4.79 Å². The van der Waals surface area contributed by atoms with Gasteiger partial charge in [-0.1, -0.05) is 53.3 Å². The summed E-state index contributed by atoms with van der Waals surface area (Å²) < 4.78 is 14.0. The number of nitrogens with zero attached hydrogens (tertiary/aromatic N) is 2. The Labute approximate surface area is 193 Å². The molecule has 0 unspecified atom stereocenters. The van der Waals surface area contributed by atoms with Gasteiger partial charge in [0.05, 0.1) is 28.8 Å². The number of hydrogen-bond donors (Lipinski definition) is 0. The molecule has 0 fully saturated rings. The zero-order valence-electron chi connectivity index (χ0n) is 17.0. The van der Waals surface area contributed by atoms with Gasteiger partial charge in [-0.2, -0.15) is 0 Å². The Balaban J connectivity index is 1.31. The van der Waals surface area contributed by atoms with Gasteiger partial charge in [-0.15, -0.1) is 0 Å². The van der Waals surface area contributed by atoms with E-state index < -0.39 is 0 Å². The van der Waals surface area contributed by atoms with Crippen LogP contribution < -0.4 is 19.6 Å². The molecule has 0 saturated carbocycles. The summed E-state index contributed by atoms with van der Waals surface area (Å²) in [4.78, 5) is 18.3. The normalized spacial score (nSPS) is 12.0. The molecule has 160 valence electrons. The first-order valence-electron chi connectivity index (χ1n) is 10.2. The Bertz CT molecular complexity index is 1490. The number of fused-ring (bicyclic) bond motifs is 3. The van der Waals surface area contributed by atoms with Crippen molar-refractivity contribution in [2.45, 2.75) is 6.42 Å². The second kappa shape index (κ2) is 9.02. The second-order valence-corrected chi connectivity index (χ2v) is 8.62. The lowest BCUT2D eigenvalue weighted by molar-refractivity contribution is 0.247. The number of hydrogen-bond acceptors (Lipinski definition) is 5. The Kier molecular flexibility index (Phi) is 5.79. The van der Waals surface area contributed by atoms with Gasteiger partial charge >= 0.3 is 0 Å². The van der Waals surface area contributed by atoms with Crippen LogP contribution in [0.3, 0.4) is 0 Å². The maximum absolute atomic E-state index is 13.0. The van der Waals surface area contributed by atoms with Crippen LogP contribution in [0.2, 0.25) is 5.02 Å². The molecule has 0 amide bonds. The maximum Gasteiger partial charge on any atom is 0.274 e. The standard InChI is InChI=1S/C25H19ClN2O3S/c26-18-10-12-19(13-11-18)30-14-5-15-31-22-9-4-1-6-17(22)16-23-24(29)28-21-8-3-2-7-20(21)27-25(28)32-23/h1-4,6-13,16H,5,14-15H2/b23-16-. The quantitative estimate of drug-likeness (QED) is 0.321. The van der Waals surface area contributed by atoms with Gasteiger partial charge in [0.15, 0.2) is 4.96 Å². The highest BCUT2D eigenvalue weighted by Gasteiger charge is 2.11. The van der Waals surface area contributed by atoms with Crippen LogP contribution >= 0.6 is 22.9 Å². The number of ether oxygens (including phenoxy) is 2. The van der Waals surface area contributed by atoms with Crippen LogP contribution in [0.15, 0.2) is 77.6 Å². The van der Waals surface area contributed by atoms with Gasteiger partial charge in [-0.25, -0.2) is 9.38 Å². The predicted molar refractivity (Wildman–Crippen MR) is 129 cm³/mol. The third kappa shape index (κ3) is 4.20. The molecule has 0 radical (unpaired) electrons. The molecule has 2 aromatic heterocycles. The highest BCUT2D eigenvalue weighted by molar-refractivity contribution is 7.15. The summed E-state index contributed by atoms with van der Waals surface area (Å²) in [7, 11) is 0. The van der Waals surface area contributed by atoms with Crippen molar-refractivity contribution in [1.29, 1.82) is 0 Å². The molecule has 5 nitrogen and oxygen atoms in total. The van der Waals surface area contributed by atoms with Crippen LogP contribution in [-0.2, 0) is 0 Å². The van der Waals surface area contributed by atoms with E-state index in [0.29, 0.717) is 27.7 Å². The van der Waals surface area contributed by atoms with Crippen molar-refractivity contribution in [2.24, 2.45) is 0 Å². The van der Waals surface area contributed by atoms with E-state index in [1.54, 1.807) is 16.5 Å². The zero-order chi connectivity index (χ0) is 21.9. The molecule has 32 heavy (non-hydrogen) atoms. The Morgan fingerprint density at radius 3 is 2.56 bits per heavy atom. The minimum Gasteiger partial charge on any atom is -0.493 e. The summed E-state index contributed by atoms with van der Waals surface area (Å²) >= 11 is 7.27. The van der Waals surface area contributed by atoms with Crippen molar-refractivity contribution in [2.75, 3.05) is 13.2 Å². The lowest BCUT2D eigenvalue weighted by Crippen LogP contribution is -2.22. The van der Waals surface area contributed by atoms with E-state index in [-0.39, 0.29) is 5.56 Å². The van der Waals surface area contributed by atoms with Crippen molar-refractivity contribution >= 4 is 45.0 Å². The Morgan fingerprint density at radius 2 is 1.69 bits per heavy atom. The number of benzene rings is 3. The number of imidazole rings is 1. The molecular weight excluding hydrogens is 444 g/mol. The maximum atomic E-state index is 13.0. The third-order valence-corrected chi connectivity index (χ3v) is 6.20. The van der Waals surface area contributed by atoms with E-state index in [9.17, 15) is 4.79 Å². The first-order valence-corrected chi connectivity index (χ1v) is 11.4. The molecule has 7 heteroatoms. The van der Waals surface area contributed by atoms with Gasteiger partial charge in [-0.05, 0) is 48.5 Å². The van der Waals surface area contributed by atoms with E-state index in [1.165, 1.54) is 11.3 Å². The van der Waals surface area contributed by atoms with Crippen LogP contribution in [-0.4, -0.2) is 22.6 Å². The molecular formula is C25H19ClN2O3S. The van der Waals surface area contributed by atoms with E-state index in [4.69, 9.17) is 21.1 Å². The smallest absolute Gasteiger partial charge is 0.274 e.